The van der Waals surface area contributed by atoms with Gasteiger partial charge in [-0.25, -0.2) is 0 Å². The van der Waals surface area contributed by atoms with Gasteiger partial charge in [0.05, 0.1) is 34.4 Å². The number of aliphatic hydroxyl groups excluding tert-OH is 2. The molecule has 214 valence electrons. The van der Waals surface area contributed by atoms with Gasteiger partial charge in [-0.05, 0) is 52.6 Å². The van der Waals surface area contributed by atoms with Crippen LogP contribution in [0.4, 0.5) is 0 Å². The lowest BCUT2D eigenvalue weighted by Gasteiger charge is -2.53. The number of hydrogen-bond donors (Lipinski definition) is 5. The van der Waals surface area contributed by atoms with Gasteiger partial charge in [-0.1, -0.05) is 0 Å². The third-order valence-electron chi connectivity index (χ3n) is 8.74. The van der Waals surface area contributed by atoms with Crippen LogP contribution >= 0.6 is 0 Å². The van der Waals surface area contributed by atoms with Crippen LogP contribution in [-0.2, 0) is 21.5 Å². The number of fused-ring (bicyclic) bond motifs is 8. The molecule has 0 unspecified atom stereocenters. The molecular weight excluding hydrogens is 522 g/mol. The largest absolute Gasteiger partial charge is 0.507 e. The molecule has 0 amide bonds. The minimum absolute atomic E-state index is 0.0812. The number of phenolic OH excluding ortho intramolecular Hbond substituents is 2. The molecule has 5 N–H and O–H groups in total. The van der Waals surface area contributed by atoms with Crippen LogP contribution in [-0.4, -0.2) is 92.8 Å². The van der Waals surface area contributed by atoms with Crippen LogP contribution in [0.1, 0.15) is 81.8 Å². The first-order valence-electron chi connectivity index (χ1n) is 13.3. The van der Waals surface area contributed by atoms with Crippen molar-refractivity contribution in [2.75, 3.05) is 20.7 Å². The summed E-state index contributed by atoms with van der Waals surface area (Å²) in [6.45, 7) is 5.28. The maximum absolute atomic E-state index is 14.1. The summed E-state index contributed by atoms with van der Waals surface area (Å²) in [7, 11) is 3.37. The predicted octanol–water partition coefficient (Wildman–Crippen LogP) is 1.26. The third kappa shape index (κ3) is 3.52. The van der Waals surface area contributed by atoms with Crippen LogP contribution < -0.4 is 4.74 Å². The van der Waals surface area contributed by atoms with E-state index in [1.165, 1.54) is 12.1 Å². The second-order valence-corrected chi connectivity index (χ2v) is 11.8. The molecule has 11 nitrogen and oxygen atoms in total. The van der Waals surface area contributed by atoms with Crippen molar-refractivity contribution in [2.24, 2.45) is 0 Å². The molecule has 2 bridgehead atoms. The van der Waals surface area contributed by atoms with Crippen molar-refractivity contribution in [1.29, 1.82) is 0 Å². The van der Waals surface area contributed by atoms with E-state index in [0.29, 0.717) is 17.7 Å². The molecule has 4 aliphatic rings. The summed E-state index contributed by atoms with van der Waals surface area (Å²) in [5.74, 6) is -2.51. The molecule has 0 spiro atoms. The van der Waals surface area contributed by atoms with E-state index >= 15 is 0 Å². The van der Waals surface area contributed by atoms with Crippen molar-refractivity contribution in [1.82, 2.24) is 4.90 Å². The van der Waals surface area contributed by atoms with Crippen LogP contribution in [0.2, 0.25) is 0 Å². The molecule has 2 heterocycles. The molecule has 2 aliphatic carbocycles. The third-order valence-corrected chi connectivity index (χ3v) is 8.74. The van der Waals surface area contributed by atoms with E-state index in [4.69, 9.17) is 14.2 Å². The van der Waals surface area contributed by atoms with Crippen LogP contribution in [0.5, 0.6) is 17.2 Å². The maximum atomic E-state index is 14.1. The van der Waals surface area contributed by atoms with Crippen molar-refractivity contribution in [2.45, 2.75) is 75.5 Å². The standard InChI is InChI=1S/C29H33NO10/c1-6-38-15-10-28(2,37)9-11-7-12-17(22(33)16(11)15)23(34)18-14(31)8-13-25(19(18)21(12)32)39-27-24(35)20(30(4)5)26(36)29(13,3)40-27/h7-8,15,20,24,26-27,31,33,35-37H,6,9-10H2,1-5H3/t15-,20-,24-,26+,27+,28-,29+/m0/s1. The summed E-state index contributed by atoms with van der Waals surface area (Å²) in [6, 6.07) is 1.92. The van der Waals surface area contributed by atoms with E-state index in [9.17, 15) is 35.1 Å². The summed E-state index contributed by atoms with van der Waals surface area (Å²) in [5, 5.41) is 55.6. The van der Waals surface area contributed by atoms with E-state index < -0.39 is 64.9 Å². The first kappa shape index (κ1) is 27.1. The number of benzene rings is 2. The maximum Gasteiger partial charge on any atom is 0.228 e. The molecule has 2 aliphatic heterocycles. The van der Waals surface area contributed by atoms with Gasteiger partial charge in [-0.2, -0.15) is 0 Å². The number of hydrogen-bond acceptors (Lipinski definition) is 11. The molecule has 40 heavy (non-hydrogen) atoms. The van der Waals surface area contributed by atoms with Gasteiger partial charge >= 0.3 is 0 Å². The fraction of sp³-hybridized carbons (Fsp3) is 0.517. The number of phenols is 2. The van der Waals surface area contributed by atoms with E-state index in [0.717, 1.165) is 0 Å². The monoisotopic (exact) mass is 555 g/mol. The SMILES string of the molecule is CCO[C@H]1C[C@@](C)(O)Cc2cc3c(c(O)c21)C(=O)c1c(O)cc2c(c1C3=O)O[C@@H]1O[C@@]2(C)[C@H](O)[C@@H](N(C)C)[C@@H]1O. The Balaban J connectivity index is 1.57. The zero-order chi connectivity index (χ0) is 29.0. The molecule has 7 atom stereocenters. The van der Waals surface area contributed by atoms with Crippen molar-refractivity contribution < 1.29 is 49.3 Å². The molecule has 0 saturated carbocycles. The molecule has 2 aromatic carbocycles. The van der Waals surface area contributed by atoms with Gasteiger partial charge < -0.3 is 44.6 Å². The van der Waals surface area contributed by atoms with E-state index in [1.807, 2.05) is 0 Å². The number of ketones is 2. The topological polar surface area (TPSA) is 166 Å². The quantitative estimate of drug-likeness (QED) is 0.316. The van der Waals surface area contributed by atoms with Crippen molar-refractivity contribution in [3.05, 3.63) is 51.1 Å². The number of rotatable bonds is 3. The summed E-state index contributed by atoms with van der Waals surface area (Å²) in [5.41, 5.74) is -2.67. The van der Waals surface area contributed by atoms with E-state index in [-0.39, 0.29) is 46.4 Å². The Morgan fingerprint density at radius 2 is 1.77 bits per heavy atom. The number of aliphatic hydroxyl groups is 3. The molecule has 2 aromatic rings. The zero-order valence-electron chi connectivity index (χ0n) is 22.9. The Hall–Kier alpha value is -3.06. The van der Waals surface area contributed by atoms with Crippen molar-refractivity contribution in [3.63, 3.8) is 0 Å². The summed E-state index contributed by atoms with van der Waals surface area (Å²) in [6.07, 6.45) is -4.26. The van der Waals surface area contributed by atoms with E-state index in [2.05, 4.69) is 0 Å². The Labute approximate surface area is 230 Å². The van der Waals surface area contributed by atoms with Crippen LogP contribution in [0.3, 0.4) is 0 Å². The molecule has 11 heteroatoms. The minimum atomic E-state index is -1.50. The zero-order valence-corrected chi connectivity index (χ0v) is 22.9. The number of carbonyl (C=O) groups excluding carboxylic acids is 2. The lowest BCUT2D eigenvalue weighted by molar-refractivity contribution is -0.311. The Kier molecular flexibility index (Phi) is 5.91. The van der Waals surface area contributed by atoms with Gasteiger partial charge in [-0.3, -0.25) is 9.59 Å². The number of carbonyl (C=O) groups is 2. The first-order chi connectivity index (χ1) is 18.7. The normalized spacial score (nSPS) is 34.1. The van der Waals surface area contributed by atoms with Gasteiger partial charge in [0.1, 0.15) is 35.1 Å². The molecule has 1 fully saturated rings. The predicted molar refractivity (Wildman–Crippen MR) is 139 cm³/mol. The first-order valence-corrected chi connectivity index (χ1v) is 13.3. The number of aromatic hydroxyl groups is 2. The Bertz CT molecular complexity index is 1470. The summed E-state index contributed by atoms with van der Waals surface area (Å²) in [4.78, 5) is 29.7. The lowest BCUT2D eigenvalue weighted by atomic mass is 9.72. The van der Waals surface area contributed by atoms with Gasteiger partial charge in [0.2, 0.25) is 12.1 Å². The van der Waals surface area contributed by atoms with Gasteiger partial charge in [0.25, 0.3) is 0 Å². The fourth-order valence-corrected chi connectivity index (χ4v) is 6.90. The number of likely N-dealkylation sites (N-methyl/N-ethyl adjacent to an activating group) is 1. The second-order valence-electron chi connectivity index (χ2n) is 11.8. The number of nitrogens with zero attached hydrogens (tertiary/aromatic N) is 1. The summed E-state index contributed by atoms with van der Waals surface area (Å²) >= 11 is 0. The molecular formula is C29H33NO10. The Morgan fingerprint density at radius 3 is 2.42 bits per heavy atom. The van der Waals surface area contributed by atoms with Gasteiger partial charge in [-0.15, -0.1) is 0 Å². The molecule has 1 saturated heterocycles. The van der Waals surface area contributed by atoms with Gasteiger partial charge in [0.15, 0.2) is 5.78 Å². The highest BCUT2D eigenvalue weighted by molar-refractivity contribution is 6.31. The highest BCUT2D eigenvalue weighted by Gasteiger charge is 2.59. The van der Waals surface area contributed by atoms with Crippen LogP contribution in [0.15, 0.2) is 12.1 Å². The lowest BCUT2D eigenvalue weighted by Crippen LogP contribution is -2.68. The summed E-state index contributed by atoms with van der Waals surface area (Å²) < 4.78 is 17.7. The minimum Gasteiger partial charge on any atom is -0.507 e. The van der Waals surface area contributed by atoms with Crippen molar-refractivity contribution >= 4 is 11.6 Å². The van der Waals surface area contributed by atoms with Crippen molar-refractivity contribution in [3.8, 4) is 17.2 Å². The molecule has 0 aromatic heterocycles. The molecule has 0 radical (unpaired) electrons. The van der Waals surface area contributed by atoms with E-state index in [1.54, 1.807) is 39.8 Å². The van der Waals surface area contributed by atoms with Crippen LogP contribution in [0, 0.1) is 0 Å². The highest BCUT2D eigenvalue weighted by atomic mass is 16.7. The average molecular weight is 556 g/mol. The average Bonchev–Trinajstić information content (AvgIpc) is 2.85. The fourth-order valence-electron chi connectivity index (χ4n) is 6.90. The second kappa shape index (κ2) is 8.72. The molecule has 6 rings (SSSR count). The van der Waals surface area contributed by atoms with Gasteiger partial charge in [0, 0.05) is 36.1 Å². The van der Waals surface area contributed by atoms with Crippen LogP contribution in [0.25, 0.3) is 0 Å². The highest BCUT2D eigenvalue weighted by Crippen LogP contribution is 2.54. The Morgan fingerprint density at radius 1 is 1.07 bits per heavy atom. The smallest absolute Gasteiger partial charge is 0.228 e. The number of ether oxygens (including phenoxy) is 3.